The molecule has 34 heavy (non-hydrogen) atoms. The fourth-order valence-electron chi connectivity index (χ4n) is 6.71. The Morgan fingerprint density at radius 3 is 2.41 bits per heavy atom. The number of hydrogen-bond donors (Lipinski definition) is 2. The van der Waals surface area contributed by atoms with Crippen molar-refractivity contribution in [2.24, 2.45) is 5.41 Å². The van der Waals surface area contributed by atoms with E-state index in [-0.39, 0.29) is 5.92 Å². The lowest BCUT2D eigenvalue weighted by atomic mass is 9.69. The summed E-state index contributed by atoms with van der Waals surface area (Å²) in [6.07, 6.45) is 9.41. The van der Waals surface area contributed by atoms with E-state index in [0.717, 1.165) is 31.7 Å². The highest BCUT2D eigenvalue weighted by Gasteiger charge is 2.36. The Hall–Kier alpha value is -2.85. The van der Waals surface area contributed by atoms with Crippen LogP contribution < -0.4 is 10.2 Å². The van der Waals surface area contributed by atoms with E-state index in [0.29, 0.717) is 17.1 Å². The molecule has 2 saturated heterocycles. The Kier molecular flexibility index (Phi) is 5.78. The first-order valence-electron chi connectivity index (χ1n) is 13.0. The molecule has 4 heteroatoms. The maximum Gasteiger partial charge on any atom is 0.128 e. The molecule has 3 aromatic rings. The zero-order chi connectivity index (χ0) is 23.0. The van der Waals surface area contributed by atoms with Crippen LogP contribution in [0.15, 0.2) is 66.9 Å². The molecule has 0 amide bonds. The highest BCUT2D eigenvalue weighted by molar-refractivity contribution is 5.49. The van der Waals surface area contributed by atoms with Crippen molar-refractivity contribution in [3.05, 3.63) is 89.1 Å². The average molecular weight is 454 g/mol. The number of phenols is 1. The molecule has 176 valence electrons. The lowest BCUT2D eigenvalue weighted by Crippen LogP contribution is -2.45. The van der Waals surface area contributed by atoms with Crippen molar-refractivity contribution in [2.75, 3.05) is 31.1 Å². The Labute approximate surface area is 203 Å². The van der Waals surface area contributed by atoms with Gasteiger partial charge in [-0.1, -0.05) is 42.5 Å². The van der Waals surface area contributed by atoms with E-state index >= 15 is 0 Å². The van der Waals surface area contributed by atoms with Crippen molar-refractivity contribution < 1.29 is 5.11 Å². The SMILES string of the molecule is Oc1ccc2c(c1)CC[C@H](c1ccccc1)[C@@H]2c1ccc(N2CCC3(CCNCC3)CC2)nc1. The molecule has 2 aliphatic heterocycles. The third kappa shape index (κ3) is 4.09. The number of nitrogens with zero attached hydrogens (tertiary/aromatic N) is 2. The van der Waals surface area contributed by atoms with Crippen LogP contribution in [-0.2, 0) is 6.42 Å². The van der Waals surface area contributed by atoms with Crippen LogP contribution >= 0.6 is 0 Å². The molecule has 0 bridgehead atoms. The van der Waals surface area contributed by atoms with Crippen LogP contribution in [0.5, 0.6) is 5.75 Å². The number of aromatic nitrogens is 1. The first-order chi connectivity index (χ1) is 16.7. The Balaban J connectivity index is 1.27. The van der Waals surface area contributed by atoms with E-state index in [9.17, 15) is 5.11 Å². The second-order valence-corrected chi connectivity index (χ2v) is 10.6. The molecule has 3 heterocycles. The summed E-state index contributed by atoms with van der Waals surface area (Å²) in [5.41, 5.74) is 5.82. The summed E-state index contributed by atoms with van der Waals surface area (Å²) in [5.74, 6) is 2.15. The molecule has 2 aromatic carbocycles. The molecule has 2 N–H and O–H groups in total. The van der Waals surface area contributed by atoms with Crippen molar-refractivity contribution >= 4 is 5.82 Å². The first-order valence-corrected chi connectivity index (χ1v) is 13.0. The van der Waals surface area contributed by atoms with Crippen LogP contribution in [0.25, 0.3) is 0 Å². The third-order valence-corrected chi connectivity index (χ3v) is 8.76. The average Bonchev–Trinajstić information content (AvgIpc) is 2.89. The molecule has 0 radical (unpaired) electrons. The minimum atomic E-state index is 0.257. The summed E-state index contributed by atoms with van der Waals surface area (Å²) in [6, 6.07) is 21.4. The predicted molar refractivity (Wildman–Crippen MR) is 138 cm³/mol. The van der Waals surface area contributed by atoms with Gasteiger partial charge in [0.05, 0.1) is 0 Å². The molecule has 2 atom stereocenters. The van der Waals surface area contributed by atoms with Gasteiger partial charge in [0.25, 0.3) is 0 Å². The number of phenolic OH excluding ortho intramolecular Hbond substituents is 1. The number of aromatic hydroxyl groups is 1. The van der Waals surface area contributed by atoms with E-state index in [2.05, 4.69) is 64.9 Å². The number of benzene rings is 2. The zero-order valence-corrected chi connectivity index (χ0v) is 19.9. The highest BCUT2D eigenvalue weighted by atomic mass is 16.3. The molecular weight excluding hydrogens is 418 g/mol. The number of fused-ring (bicyclic) bond motifs is 1. The number of nitrogens with one attached hydrogen (secondary N) is 1. The summed E-state index contributed by atoms with van der Waals surface area (Å²) >= 11 is 0. The van der Waals surface area contributed by atoms with Crippen molar-refractivity contribution in [1.82, 2.24) is 10.3 Å². The molecule has 2 fully saturated rings. The second-order valence-electron chi connectivity index (χ2n) is 10.6. The first kappa shape index (κ1) is 21.7. The van der Waals surface area contributed by atoms with Gasteiger partial charge in [-0.05, 0) is 103 Å². The van der Waals surface area contributed by atoms with Gasteiger partial charge in [0.1, 0.15) is 11.6 Å². The third-order valence-electron chi connectivity index (χ3n) is 8.76. The van der Waals surface area contributed by atoms with E-state index in [1.807, 2.05) is 12.1 Å². The van der Waals surface area contributed by atoms with Crippen LogP contribution in [-0.4, -0.2) is 36.3 Å². The molecule has 6 rings (SSSR count). The highest BCUT2D eigenvalue weighted by Crippen LogP contribution is 2.47. The van der Waals surface area contributed by atoms with Crippen molar-refractivity contribution in [3.8, 4) is 5.75 Å². The lowest BCUT2D eigenvalue weighted by molar-refractivity contribution is 0.154. The summed E-state index contributed by atoms with van der Waals surface area (Å²) in [5, 5.41) is 13.6. The van der Waals surface area contributed by atoms with Gasteiger partial charge in [0, 0.05) is 25.2 Å². The predicted octanol–water partition coefficient (Wildman–Crippen LogP) is 5.62. The van der Waals surface area contributed by atoms with E-state index < -0.39 is 0 Å². The minimum Gasteiger partial charge on any atom is -0.508 e. The Bertz CT molecular complexity index is 1110. The van der Waals surface area contributed by atoms with Gasteiger partial charge in [-0.15, -0.1) is 0 Å². The molecule has 0 unspecified atom stereocenters. The van der Waals surface area contributed by atoms with Crippen molar-refractivity contribution in [1.29, 1.82) is 0 Å². The normalized spacial score (nSPS) is 24.1. The number of rotatable bonds is 3. The molecule has 4 nitrogen and oxygen atoms in total. The van der Waals surface area contributed by atoms with Gasteiger partial charge in [-0.25, -0.2) is 4.98 Å². The van der Waals surface area contributed by atoms with Gasteiger partial charge in [0.2, 0.25) is 0 Å². The zero-order valence-electron chi connectivity index (χ0n) is 19.9. The van der Waals surface area contributed by atoms with Gasteiger partial charge < -0.3 is 15.3 Å². The summed E-state index contributed by atoms with van der Waals surface area (Å²) in [6.45, 7) is 4.58. The number of anilines is 1. The van der Waals surface area contributed by atoms with Crippen LogP contribution in [0.3, 0.4) is 0 Å². The standard InChI is InChI=1S/C30H35N3O/c34-25-8-10-27-23(20-25)6-9-26(22-4-2-1-3-5-22)29(27)24-7-11-28(32-21-24)33-18-14-30(15-19-33)12-16-31-17-13-30/h1-5,7-8,10-11,20-21,26,29,31,34H,6,9,12-19H2/t26-,29+/m1/s1. The molecule has 3 aliphatic rings. The maximum absolute atomic E-state index is 10.1. The van der Waals surface area contributed by atoms with E-state index in [4.69, 9.17) is 4.98 Å². The van der Waals surface area contributed by atoms with Gasteiger partial charge in [0.15, 0.2) is 0 Å². The van der Waals surface area contributed by atoms with Crippen LogP contribution in [0.1, 0.15) is 66.2 Å². The van der Waals surface area contributed by atoms with E-state index in [1.165, 1.54) is 61.0 Å². The molecule has 1 spiro atoms. The van der Waals surface area contributed by atoms with Crippen molar-refractivity contribution in [3.63, 3.8) is 0 Å². The van der Waals surface area contributed by atoms with Crippen molar-refractivity contribution in [2.45, 2.75) is 50.4 Å². The van der Waals surface area contributed by atoms with Crippen LogP contribution in [0.2, 0.25) is 0 Å². The van der Waals surface area contributed by atoms with Gasteiger partial charge in [-0.2, -0.15) is 0 Å². The fourth-order valence-corrected chi connectivity index (χ4v) is 6.71. The monoisotopic (exact) mass is 453 g/mol. The number of aryl methyl sites for hydroxylation is 1. The lowest BCUT2D eigenvalue weighted by Gasteiger charge is -2.44. The second kappa shape index (κ2) is 9.07. The smallest absolute Gasteiger partial charge is 0.128 e. The summed E-state index contributed by atoms with van der Waals surface area (Å²) in [4.78, 5) is 7.48. The largest absolute Gasteiger partial charge is 0.508 e. The summed E-state index contributed by atoms with van der Waals surface area (Å²) < 4.78 is 0. The quantitative estimate of drug-likeness (QED) is 0.540. The number of pyridine rings is 1. The van der Waals surface area contributed by atoms with Crippen LogP contribution in [0.4, 0.5) is 5.82 Å². The topological polar surface area (TPSA) is 48.4 Å². The Morgan fingerprint density at radius 1 is 0.882 bits per heavy atom. The van der Waals surface area contributed by atoms with Crippen LogP contribution in [0, 0.1) is 5.41 Å². The minimum absolute atomic E-state index is 0.257. The Morgan fingerprint density at radius 2 is 1.68 bits per heavy atom. The maximum atomic E-state index is 10.1. The number of hydrogen-bond acceptors (Lipinski definition) is 4. The molecule has 1 aliphatic carbocycles. The summed E-state index contributed by atoms with van der Waals surface area (Å²) in [7, 11) is 0. The van der Waals surface area contributed by atoms with E-state index in [1.54, 1.807) is 0 Å². The fraction of sp³-hybridized carbons (Fsp3) is 0.433. The van der Waals surface area contributed by atoms with Gasteiger partial charge >= 0.3 is 0 Å². The molecule has 1 aromatic heterocycles. The number of piperidine rings is 2. The molecule has 0 saturated carbocycles. The molecular formula is C30H35N3O. The van der Waals surface area contributed by atoms with Gasteiger partial charge in [-0.3, -0.25) is 0 Å².